The van der Waals surface area contributed by atoms with Crippen molar-refractivity contribution in [1.29, 1.82) is 0 Å². The molecule has 0 spiro atoms. The minimum Gasteiger partial charge on any atom is -0.341 e. The third kappa shape index (κ3) is 3.55. The number of amides is 5. The molecule has 3 rings (SSSR count). The van der Waals surface area contributed by atoms with Crippen LogP contribution in [0.5, 0.6) is 0 Å². The molecule has 1 aromatic carbocycles. The molecule has 0 aliphatic carbocycles. The number of rotatable bonds is 4. The summed E-state index contributed by atoms with van der Waals surface area (Å²) < 4.78 is 0. The molecule has 2 aliphatic rings. The SMILES string of the molecule is CC1CCCN(C(=O)CN2C(=O)C(=O)N(Cc3ccccc3)C2=O)C1. The van der Waals surface area contributed by atoms with Gasteiger partial charge in [-0.1, -0.05) is 37.3 Å². The molecule has 1 unspecified atom stereocenters. The predicted molar refractivity (Wildman–Crippen MR) is 89.1 cm³/mol. The van der Waals surface area contributed by atoms with E-state index in [1.807, 2.05) is 6.07 Å². The van der Waals surface area contributed by atoms with E-state index in [0.29, 0.717) is 19.0 Å². The zero-order valence-electron chi connectivity index (χ0n) is 14.2. The van der Waals surface area contributed by atoms with E-state index in [-0.39, 0.29) is 19.0 Å². The van der Waals surface area contributed by atoms with Crippen LogP contribution in [-0.2, 0) is 20.9 Å². The van der Waals surface area contributed by atoms with Gasteiger partial charge in [0.25, 0.3) is 0 Å². The summed E-state index contributed by atoms with van der Waals surface area (Å²) in [4.78, 5) is 52.5. The van der Waals surface area contributed by atoms with Gasteiger partial charge in [-0.25, -0.2) is 9.69 Å². The van der Waals surface area contributed by atoms with Crippen molar-refractivity contribution in [2.24, 2.45) is 5.92 Å². The lowest BCUT2D eigenvalue weighted by Crippen LogP contribution is -2.46. The predicted octanol–water partition coefficient (Wildman–Crippen LogP) is 1.24. The third-order valence-corrected chi connectivity index (χ3v) is 4.62. The van der Waals surface area contributed by atoms with Gasteiger partial charge in [-0.15, -0.1) is 0 Å². The highest BCUT2D eigenvalue weighted by atomic mass is 16.2. The number of hydrogen-bond acceptors (Lipinski definition) is 4. The van der Waals surface area contributed by atoms with Gasteiger partial charge in [-0.2, -0.15) is 0 Å². The zero-order chi connectivity index (χ0) is 18.0. The molecular weight excluding hydrogens is 322 g/mol. The highest BCUT2D eigenvalue weighted by Crippen LogP contribution is 2.19. The molecule has 2 saturated heterocycles. The first-order chi connectivity index (χ1) is 12.0. The van der Waals surface area contributed by atoms with Gasteiger partial charge in [-0.05, 0) is 24.3 Å². The Morgan fingerprint density at radius 3 is 2.44 bits per heavy atom. The number of piperidine rings is 1. The fraction of sp³-hybridized carbons (Fsp3) is 0.444. The van der Waals surface area contributed by atoms with E-state index in [1.165, 1.54) is 0 Å². The van der Waals surface area contributed by atoms with E-state index in [0.717, 1.165) is 28.2 Å². The standard InChI is InChI=1S/C18H21N3O4/c1-13-6-5-9-19(10-13)15(22)12-21-17(24)16(23)20(18(21)25)11-14-7-3-2-4-8-14/h2-4,7-8,13H,5-6,9-12H2,1H3. The van der Waals surface area contributed by atoms with Crippen LogP contribution in [0.15, 0.2) is 30.3 Å². The number of hydrogen-bond donors (Lipinski definition) is 0. The van der Waals surface area contributed by atoms with Gasteiger partial charge in [0.05, 0.1) is 6.54 Å². The molecule has 2 fully saturated rings. The molecule has 7 nitrogen and oxygen atoms in total. The van der Waals surface area contributed by atoms with E-state index in [2.05, 4.69) is 6.92 Å². The number of carbonyl (C=O) groups is 4. The van der Waals surface area contributed by atoms with Crippen molar-refractivity contribution in [3.05, 3.63) is 35.9 Å². The minimum absolute atomic E-state index is 0.0235. The molecule has 0 radical (unpaired) electrons. The molecule has 1 atom stereocenters. The van der Waals surface area contributed by atoms with Crippen molar-refractivity contribution >= 4 is 23.8 Å². The van der Waals surface area contributed by atoms with Gasteiger partial charge in [-0.3, -0.25) is 19.3 Å². The maximum absolute atomic E-state index is 12.5. The van der Waals surface area contributed by atoms with Crippen LogP contribution >= 0.6 is 0 Å². The van der Waals surface area contributed by atoms with Crippen molar-refractivity contribution in [3.63, 3.8) is 0 Å². The maximum atomic E-state index is 12.5. The molecule has 0 N–H and O–H groups in total. The Bertz CT molecular complexity index is 704. The number of imide groups is 2. The Morgan fingerprint density at radius 2 is 1.76 bits per heavy atom. The van der Waals surface area contributed by atoms with Gasteiger partial charge >= 0.3 is 17.8 Å². The number of urea groups is 1. The van der Waals surface area contributed by atoms with Crippen LogP contribution in [0.3, 0.4) is 0 Å². The molecule has 0 saturated carbocycles. The topological polar surface area (TPSA) is 78.0 Å². The second-order valence-electron chi connectivity index (χ2n) is 6.64. The smallest absolute Gasteiger partial charge is 0.335 e. The fourth-order valence-corrected chi connectivity index (χ4v) is 3.25. The molecule has 2 heterocycles. The summed E-state index contributed by atoms with van der Waals surface area (Å²) in [6.45, 7) is 2.96. The first kappa shape index (κ1) is 17.1. The number of carbonyl (C=O) groups excluding carboxylic acids is 4. The van der Waals surface area contributed by atoms with E-state index >= 15 is 0 Å². The van der Waals surface area contributed by atoms with Crippen molar-refractivity contribution < 1.29 is 19.2 Å². The van der Waals surface area contributed by atoms with Crippen LogP contribution in [0.2, 0.25) is 0 Å². The quantitative estimate of drug-likeness (QED) is 0.609. The highest BCUT2D eigenvalue weighted by molar-refractivity contribution is 6.44. The Labute approximate surface area is 146 Å². The lowest BCUT2D eigenvalue weighted by Gasteiger charge is -2.31. The van der Waals surface area contributed by atoms with Gasteiger partial charge in [0.1, 0.15) is 6.54 Å². The first-order valence-corrected chi connectivity index (χ1v) is 8.46. The number of nitrogens with zero attached hydrogens (tertiary/aromatic N) is 3. The van der Waals surface area contributed by atoms with Crippen LogP contribution in [0.1, 0.15) is 25.3 Å². The molecule has 0 bridgehead atoms. The van der Waals surface area contributed by atoms with E-state index in [4.69, 9.17) is 0 Å². The second-order valence-corrected chi connectivity index (χ2v) is 6.64. The lowest BCUT2D eigenvalue weighted by molar-refractivity contribution is -0.145. The van der Waals surface area contributed by atoms with E-state index < -0.39 is 17.8 Å². The zero-order valence-corrected chi connectivity index (χ0v) is 14.2. The summed E-state index contributed by atoms with van der Waals surface area (Å²) in [6, 6.07) is 8.23. The molecule has 2 aliphatic heterocycles. The largest absolute Gasteiger partial charge is 0.341 e. The maximum Gasteiger partial charge on any atom is 0.335 e. The molecule has 5 amide bonds. The highest BCUT2D eigenvalue weighted by Gasteiger charge is 2.45. The lowest BCUT2D eigenvalue weighted by atomic mass is 10.0. The molecule has 132 valence electrons. The van der Waals surface area contributed by atoms with Gasteiger partial charge in [0, 0.05) is 13.1 Å². The van der Waals surface area contributed by atoms with Crippen LogP contribution in [-0.4, -0.2) is 58.1 Å². The monoisotopic (exact) mass is 343 g/mol. The van der Waals surface area contributed by atoms with Crippen molar-refractivity contribution in [2.75, 3.05) is 19.6 Å². The summed E-state index contributed by atoms with van der Waals surface area (Å²) in [5.41, 5.74) is 0.745. The molecule has 7 heteroatoms. The van der Waals surface area contributed by atoms with Crippen LogP contribution in [0.4, 0.5) is 4.79 Å². The van der Waals surface area contributed by atoms with Crippen molar-refractivity contribution in [3.8, 4) is 0 Å². The van der Waals surface area contributed by atoms with E-state index in [1.54, 1.807) is 29.2 Å². The molecule has 25 heavy (non-hydrogen) atoms. The second kappa shape index (κ2) is 7.04. The summed E-state index contributed by atoms with van der Waals surface area (Å²) in [7, 11) is 0. The van der Waals surface area contributed by atoms with E-state index in [9.17, 15) is 19.2 Å². The first-order valence-electron chi connectivity index (χ1n) is 8.46. The number of benzene rings is 1. The summed E-state index contributed by atoms with van der Waals surface area (Å²) in [5, 5.41) is 0. The van der Waals surface area contributed by atoms with Crippen molar-refractivity contribution in [2.45, 2.75) is 26.3 Å². The van der Waals surface area contributed by atoms with Crippen LogP contribution in [0.25, 0.3) is 0 Å². The Kier molecular flexibility index (Phi) is 4.83. The molecule has 0 aromatic heterocycles. The average molecular weight is 343 g/mol. The number of likely N-dealkylation sites (tertiary alicyclic amines) is 1. The summed E-state index contributed by atoms with van der Waals surface area (Å²) in [6.07, 6.45) is 1.97. The van der Waals surface area contributed by atoms with Crippen LogP contribution < -0.4 is 0 Å². The normalized spacial score (nSPS) is 21.2. The minimum atomic E-state index is -0.931. The fourth-order valence-electron chi connectivity index (χ4n) is 3.25. The Morgan fingerprint density at radius 1 is 1.08 bits per heavy atom. The van der Waals surface area contributed by atoms with Crippen LogP contribution in [0, 0.1) is 5.92 Å². The van der Waals surface area contributed by atoms with Gasteiger partial charge in [0.15, 0.2) is 0 Å². The summed E-state index contributed by atoms with van der Waals surface area (Å²) >= 11 is 0. The van der Waals surface area contributed by atoms with Crippen molar-refractivity contribution in [1.82, 2.24) is 14.7 Å². The van der Waals surface area contributed by atoms with Gasteiger partial charge < -0.3 is 4.90 Å². The Balaban J connectivity index is 1.68. The molecule has 1 aromatic rings. The summed E-state index contributed by atoms with van der Waals surface area (Å²) in [5.74, 6) is -1.70. The molecular formula is C18H21N3O4. The Hall–Kier alpha value is -2.70. The average Bonchev–Trinajstić information content (AvgIpc) is 2.80. The third-order valence-electron chi connectivity index (χ3n) is 4.62. The van der Waals surface area contributed by atoms with Gasteiger partial charge in [0.2, 0.25) is 5.91 Å².